The smallest absolute Gasteiger partial charge is 0.200 e. The van der Waals surface area contributed by atoms with E-state index in [1.807, 2.05) is 11.8 Å². The van der Waals surface area contributed by atoms with Crippen LogP contribution in [-0.2, 0) is 0 Å². The normalized spacial score (nSPS) is 27.2. The lowest BCUT2D eigenvalue weighted by Crippen LogP contribution is -2.30. The molecule has 0 bridgehead atoms. The maximum atomic E-state index is 4.87. The molecular weight excluding hydrogens is 266 g/mol. The molecule has 1 heterocycles. The van der Waals surface area contributed by atoms with E-state index in [4.69, 9.17) is 4.99 Å². The highest BCUT2D eigenvalue weighted by atomic mass is 32.2. The van der Waals surface area contributed by atoms with Crippen LogP contribution in [0.3, 0.4) is 0 Å². The Labute approximate surface area is 124 Å². The molecule has 3 aliphatic rings. The van der Waals surface area contributed by atoms with Gasteiger partial charge in [-0.3, -0.25) is 4.99 Å². The second-order valence-electron chi connectivity index (χ2n) is 5.59. The molecule has 3 rings (SSSR count). The Kier molecular flexibility index (Phi) is 3.42. The first kappa shape index (κ1) is 13.4. The third-order valence-electron chi connectivity index (χ3n) is 3.66. The molecule has 2 atom stereocenters. The number of thioether (sulfide) groups is 1. The third-order valence-corrected chi connectivity index (χ3v) is 4.93. The van der Waals surface area contributed by atoms with E-state index in [1.165, 1.54) is 16.3 Å². The molecule has 20 heavy (non-hydrogen) atoms. The summed E-state index contributed by atoms with van der Waals surface area (Å²) in [5, 5.41) is 0.405. The summed E-state index contributed by atoms with van der Waals surface area (Å²) in [4.78, 5) is 8.30. The van der Waals surface area contributed by atoms with Crippen molar-refractivity contribution in [2.24, 2.45) is 4.99 Å². The van der Waals surface area contributed by atoms with Crippen molar-refractivity contribution in [2.75, 3.05) is 28.2 Å². The van der Waals surface area contributed by atoms with Gasteiger partial charge in [-0.2, -0.15) is 0 Å². The minimum absolute atomic E-state index is 0.265. The number of allylic oxidation sites excluding steroid dienone is 5. The zero-order valence-electron chi connectivity index (χ0n) is 12.4. The Morgan fingerprint density at radius 2 is 2.00 bits per heavy atom. The SMILES string of the molecule is CN(C)C1=CC2SC3=CC(=[N+](C)C)C=CC3=NC2C=C1. The molecule has 0 spiro atoms. The molecule has 0 saturated heterocycles. The van der Waals surface area contributed by atoms with Crippen molar-refractivity contribution in [1.82, 2.24) is 4.90 Å². The van der Waals surface area contributed by atoms with Crippen LogP contribution >= 0.6 is 11.8 Å². The van der Waals surface area contributed by atoms with Gasteiger partial charge in [0.2, 0.25) is 5.71 Å². The predicted molar refractivity (Wildman–Crippen MR) is 87.9 cm³/mol. The van der Waals surface area contributed by atoms with Gasteiger partial charge in [0.15, 0.2) is 0 Å². The fourth-order valence-corrected chi connectivity index (χ4v) is 3.66. The van der Waals surface area contributed by atoms with E-state index in [9.17, 15) is 0 Å². The van der Waals surface area contributed by atoms with E-state index in [1.54, 1.807) is 0 Å². The molecule has 0 aromatic rings. The van der Waals surface area contributed by atoms with Crippen LogP contribution < -0.4 is 0 Å². The van der Waals surface area contributed by atoms with Gasteiger partial charge in [-0.1, -0.05) is 6.08 Å². The number of nitrogens with zero attached hydrogens (tertiary/aromatic N) is 3. The van der Waals surface area contributed by atoms with E-state index >= 15 is 0 Å². The number of hydrogen-bond donors (Lipinski definition) is 0. The van der Waals surface area contributed by atoms with Gasteiger partial charge in [-0.05, 0) is 18.2 Å². The molecule has 4 heteroatoms. The summed E-state index contributed by atoms with van der Waals surface area (Å²) in [6.07, 6.45) is 13.2. The Balaban J connectivity index is 1.95. The molecule has 0 aromatic carbocycles. The van der Waals surface area contributed by atoms with Crippen LogP contribution in [0.5, 0.6) is 0 Å². The van der Waals surface area contributed by atoms with Crippen LogP contribution in [0.4, 0.5) is 0 Å². The molecule has 104 valence electrons. The quantitative estimate of drug-likeness (QED) is 0.543. The lowest BCUT2D eigenvalue weighted by molar-refractivity contribution is -0.462. The maximum Gasteiger partial charge on any atom is 0.200 e. The monoisotopic (exact) mass is 286 g/mol. The molecule has 0 saturated carbocycles. The van der Waals surface area contributed by atoms with Crippen LogP contribution in [0.25, 0.3) is 0 Å². The van der Waals surface area contributed by atoms with Crippen molar-refractivity contribution < 1.29 is 4.58 Å². The van der Waals surface area contributed by atoms with E-state index in [2.05, 4.69) is 74.1 Å². The Hall–Kier alpha value is -1.55. The zero-order valence-corrected chi connectivity index (χ0v) is 13.2. The zero-order chi connectivity index (χ0) is 14.3. The van der Waals surface area contributed by atoms with E-state index in [0.717, 1.165) is 5.71 Å². The van der Waals surface area contributed by atoms with Gasteiger partial charge < -0.3 is 4.90 Å². The van der Waals surface area contributed by atoms with Crippen LogP contribution in [-0.4, -0.2) is 60.4 Å². The fraction of sp³-hybridized carbons (Fsp3) is 0.375. The summed E-state index contributed by atoms with van der Waals surface area (Å²) in [5.41, 5.74) is 3.61. The highest BCUT2D eigenvalue weighted by Gasteiger charge is 2.30. The molecule has 0 fully saturated rings. The molecule has 0 aromatic heterocycles. The number of aliphatic imine (C=N–C) groups is 1. The second kappa shape index (κ2) is 5.09. The van der Waals surface area contributed by atoms with Crippen molar-refractivity contribution in [3.63, 3.8) is 0 Å². The minimum atomic E-state index is 0.265. The van der Waals surface area contributed by atoms with Gasteiger partial charge in [0.25, 0.3) is 0 Å². The van der Waals surface area contributed by atoms with Crippen LogP contribution in [0.2, 0.25) is 0 Å². The van der Waals surface area contributed by atoms with E-state index < -0.39 is 0 Å². The van der Waals surface area contributed by atoms with Crippen molar-refractivity contribution in [3.05, 3.63) is 47.1 Å². The standard InChI is InChI=1S/C16H20N3S/c1-18(2)11-5-7-13-15(9-11)20-16-10-12(19(3)4)6-8-14(16)17-13/h5-10,13,15H,1-4H3/q+1. The van der Waals surface area contributed by atoms with E-state index in [0.29, 0.717) is 5.25 Å². The van der Waals surface area contributed by atoms with Crippen molar-refractivity contribution in [2.45, 2.75) is 11.3 Å². The van der Waals surface area contributed by atoms with Gasteiger partial charge in [-0.15, -0.1) is 11.8 Å². The maximum absolute atomic E-state index is 4.87. The molecule has 0 N–H and O–H groups in total. The number of rotatable bonds is 1. The van der Waals surface area contributed by atoms with E-state index in [-0.39, 0.29) is 6.04 Å². The Morgan fingerprint density at radius 1 is 1.20 bits per heavy atom. The van der Waals surface area contributed by atoms with Gasteiger partial charge in [0.1, 0.15) is 14.1 Å². The minimum Gasteiger partial charge on any atom is -0.378 e. The highest BCUT2D eigenvalue weighted by molar-refractivity contribution is 8.05. The fourth-order valence-electron chi connectivity index (χ4n) is 2.44. The molecule has 2 unspecified atom stereocenters. The van der Waals surface area contributed by atoms with Crippen LogP contribution in [0.15, 0.2) is 52.1 Å². The van der Waals surface area contributed by atoms with Gasteiger partial charge >= 0.3 is 0 Å². The summed E-state index contributed by atoms with van der Waals surface area (Å²) in [7, 11) is 8.31. The first-order valence-corrected chi connectivity index (χ1v) is 7.69. The Bertz CT molecular complexity index is 614. The first-order chi connectivity index (χ1) is 9.54. The summed E-state index contributed by atoms with van der Waals surface area (Å²) in [6, 6.07) is 0.265. The van der Waals surface area contributed by atoms with Gasteiger partial charge in [-0.25, -0.2) is 4.58 Å². The van der Waals surface area contributed by atoms with Gasteiger partial charge in [0.05, 0.1) is 17.0 Å². The summed E-state index contributed by atoms with van der Waals surface area (Å²) >= 11 is 1.92. The largest absolute Gasteiger partial charge is 0.378 e. The number of fused-ring (bicyclic) bond motifs is 2. The average molecular weight is 286 g/mol. The summed E-state index contributed by atoms with van der Waals surface area (Å²) < 4.78 is 2.13. The molecule has 3 nitrogen and oxygen atoms in total. The molecule has 1 aliphatic heterocycles. The van der Waals surface area contributed by atoms with Crippen molar-refractivity contribution in [3.8, 4) is 0 Å². The lowest BCUT2D eigenvalue weighted by Gasteiger charge is -2.31. The van der Waals surface area contributed by atoms with Crippen molar-refractivity contribution in [1.29, 1.82) is 0 Å². The molecule has 0 radical (unpaired) electrons. The molecular formula is C16H20N3S+. The second-order valence-corrected chi connectivity index (χ2v) is 6.81. The van der Waals surface area contributed by atoms with Crippen LogP contribution in [0, 0.1) is 0 Å². The predicted octanol–water partition coefficient (Wildman–Crippen LogP) is 2.09. The average Bonchev–Trinajstić information content (AvgIpc) is 2.43. The number of hydrogen-bond acceptors (Lipinski definition) is 3. The number of likely N-dealkylation sites (N-methyl/N-ethyl adjacent to an activating group) is 1. The lowest BCUT2D eigenvalue weighted by atomic mass is 10.0. The third kappa shape index (κ3) is 2.40. The van der Waals surface area contributed by atoms with Gasteiger partial charge in [0, 0.05) is 36.8 Å². The first-order valence-electron chi connectivity index (χ1n) is 6.81. The Morgan fingerprint density at radius 3 is 2.70 bits per heavy atom. The highest BCUT2D eigenvalue weighted by Crippen LogP contribution is 2.37. The summed E-state index contributed by atoms with van der Waals surface area (Å²) in [6.45, 7) is 0. The summed E-state index contributed by atoms with van der Waals surface area (Å²) in [5.74, 6) is 0. The topological polar surface area (TPSA) is 18.6 Å². The van der Waals surface area contributed by atoms with Crippen molar-refractivity contribution >= 4 is 23.2 Å². The molecule has 0 amide bonds. The molecule has 2 aliphatic carbocycles. The van der Waals surface area contributed by atoms with Crippen LogP contribution in [0.1, 0.15) is 0 Å².